The minimum Gasteiger partial charge on any atom is -0.323 e. The van der Waals surface area contributed by atoms with Gasteiger partial charge in [-0.25, -0.2) is 4.79 Å². The lowest BCUT2D eigenvalue weighted by molar-refractivity contribution is -0.137. The predicted octanol–water partition coefficient (Wildman–Crippen LogP) is 2.79. The number of hydrogen-bond acceptors (Lipinski definition) is 5. The van der Waals surface area contributed by atoms with E-state index in [-0.39, 0.29) is 24.7 Å². The third kappa shape index (κ3) is 4.38. The van der Waals surface area contributed by atoms with Crippen LogP contribution in [0.3, 0.4) is 0 Å². The Kier molecular flexibility index (Phi) is 5.59. The van der Waals surface area contributed by atoms with Gasteiger partial charge in [0, 0.05) is 75.2 Å². The number of carbonyl (C=O) groups is 1. The van der Waals surface area contributed by atoms with Crippen LogP contribution in [0.5, 0.6) is 0 Å². The SMILES string of the molecule is CC(NC1CCN(C(=O)N2CCc3ncc(C(F)(F)F)cc3C2)C1)c1cnccn1. The van der Waals surface area contributed by atoms with Gasteiger partial charge in [0.15, 0.2) is 0 Å². The van der Waals surface area contributed by atoms with Crippen molar-refractivity contribution in [1.82, 2.24) is 30.1 Å². The predicted molar refractivity (Wildman–Crippen MR) is 102 cm³/mol. The van der Waals surface area contributed by atoms with Gasteiger partial charge in [0.05, 0.1) is 11.3 Å². The van der Waals surface area contributed by atoms with Crippen LogP contribution in [0.1, 0.15) is 41.9 Å². The van der Waals surface area contributed by atoms with Crippen LogP contribution in [-0.4, -0.2) is 56.5 Å². The van der Waals surface area contributed by atoms with Gasteiger partial charge in [0.25, 0.3) is 0 Å². The van der Waals surface area contributed by atoms with Gasteiger partial charge >= 0.3 is 12.2 Å². The van der Waals surface area contributed by atoms with E-state index in [4.69, 9.17) is 0 Å². The molecule has 2 unspecified atom stereocenters. The summed E-state index contributed by atoms with van der Waals surface area (Å²) in [6.07, 6.45) is 2.66. The first kappa shape index (κ1) is 20.5. The van der Waals surface area contributed by atoms with Crippen LogP contribution in [0.2, 0.25) is 0 Å². The first-order valence-electron chi connectivity index (χ1n) is 9.92. The molecule has 1 N–H and O–H groups in total. The highest BCUT2D eigenvalue weighted by molar-refractivity contribution is 5.75. The summed E-state index contributed by atoms with van der Waals surface area (Å²) < 4.78 is 39.0. The number of halogens is 3. The summed E-state index contributed by atoms with van der Waals surface area (Å²) >= 11 is 0. The largest absolute Gasteiger partial charge is 0.417 e. The zero-order valence-corrected chi connectivity index (χ0v) is 16.6. The third-order valence-electron chi connectivity index (χ3n) is 5.61. The van der Waals surface area contributed by atoms with Crippen LogP contribution in [0.25, 0.3) is 0 Å². The number of nitrogens with zero attached hydrogens (tertiary/aromatic N) is 5. The lowest BCUT2D eigenvalue weighted by Crippen LogP contribution is -2.45. The maximum absolute atomic E-state index is 13.0. The molecule has 2 amide bonds. The second-order valence-electron chi connectivity index (χ2n) is 7.73. The number of pyridine rings is 1. The van der Waals surface area contributed by atoms with Crippen molar-refractivity contribution >= 4 is 6.03 Å². The van der Waals surface area contributed by atoms with E-state index < -0.39 is 11.7 Å². The van der Waals surface area contributed by atoms with Crippen molar-refractivity contribution in [3.63, 3.8) is 0 Å². The standard InChI is InChI=1S/C20H23F3N6O/c1-13(18-10-24-4-5-25-18)27-16-2-6-29(12-16)19(30)28-7-3-17-14(11-28)8-15(9-26-17)20(21,22)23/h4-5,8-10,13,16,27H,2-3,6-7,11-12H2,1H3. The second-order valence-corrected chi connectivity index (χ2v) is 7.73. The smallest absolute Gasteiger partial charge is 0.323 e. The Morgan fingerprint density at radius 2 is 2.03 bits per heavy atom. The summed E-state index contributed by atoms with van der Waals surface area (Å²) in [6, 6.07) is 1.10. The molecule has 4 rings (SSSR count). The number of hydrogen-bond donors (Lipinski definition) is 1. The molecule has 10 heteroatoms. The van der Waals surface area contributed by atoms with E-state index in [1.807, 2.05) is 6.92 Å². The molecule has 0 radical (unpaired) electrons. The fourth-order valence-electron chi connectivity index (χ4n) is 3.99. The molecule has 1 saturated heterocycles. The number of likely N-dealkylation sites (tertiary alicyclic amines) is 1. The van der Waals surface area contributed by atoms with Crippen LogP contribution in [0.4, 0.5) is 18.0 Å². The van der Waals surface area contributed by atoms with E-state index >= 15 is 0 Å². The van der Waals surface area contributed by atoms with Crippen molar-refractivity contribution in [2.75, 3.05) is 19.6 Å². The second kappa shape index (κ2) is 8.17. The number of rotatable bonds is 3. The maximum atomic E-state index is 13.0. The zero-order valence-electron chi connectivity index (χ0n) is 16.6. The van der Waals surface area contributed by atoms with E-state index in [2.05, 4.69) is 20.3 Å². The highest BCUT2D eigenvalue weighted by atomic mass is 19.4. The van der Waals surface area contributed by atoms with Gasteiger partial charge in [-0.2, -0.15) is 13.2 Å². The molecule has 7 nitrogen and oxygen atoms in total. The fourth-order valence-corrected chi connectivity index (χ4v) is 3.99. The molecule has 4 heterocycles. The summed E-state index contributed by atoms with van der Waals surface area (Å²) in [7, 11) is 0. The third-order valence-corrected chi connectivity index (χ3v) is 5.61. The molecule has 2 aromatic rings. The van der Waals surface area contributed by atoms with Crippen molar-refractivity contribution in [3.05, 3.63) is 53.4 Å². The van der Waals surface area contributed by atoms with Crippen LogP contribution in [0, 0.1) is 0 Å². The number of amides is 2. The Bertz CT molecular complexity index is 907. The average Bonchev–Trinajstić information content (AvgIpc) is 3.20. The molecule has 0 spiro atoms. The van der Waals surface area contributed by atoms with E-state index in [0.717, 1.165) is 24.4 Å². The zero-order chi connectivity index (χ0) is 21.3. The molecule has 1 fully saturated rings. The van der Waals surface area contributed by atoms with E-state index in [0.29, 0.717) is 37.3 Å². The normalized spacial score (nSPS) is 20.2. The number of fused-ring (bicyclic) bond motifs is 1. The summed E-state index contributed by atoms with van der Waals surface area (Å²) in [6.45, 7) is 3.76. The van der Waals surface area contributed by atoms with E-state index in [1.165, 1.54) is 0 Å². The molecule has 2 aromatic heterocycles. The van der Waals surface area contributed by atoms with Gasteiger partial charge in [-0.05, 0) is 25.0 Å². The quantitative estimate of drug-likeness (QED) is 0.827. The molecule has 0 aromatic carbocycles. The fraction of sp³-hybridized carbons (Fsp3) is 0.500. The highest BCUT2D eigenvalue weighted by Gasteiger charge is 2.35. The molecule has 2 aliphatic heterocycles. The Hall–Kier alpha value is -2.75. The summed E-state index contributed by atoms with van der Waals surface area (Å²) in [5, 5.41) is 3.47. The molecule has 0 aliphatic carbocycles. The first-order valence-corrected chi connectivity index (χ1v) is 9.92. The summed E-state index contributed by atoms with van der Waals surface area (Å²) in [4.78, 5) is 28.6. The molecule has 0 bridgehead atoms. The molecular weight excluding hydrogens is 397 g/mol. The van der Waals surface area contributed by atoms with Crippen molar-refractivity contribution in [1.29, 1.82) is 0 Å². The Balaban J connectivity index is 1.36. The molecule has 2 atom stereocenters. The number of aromatic nitrogens is 3. The molecular formula is C20H23F3N6O. The number of urea groups is 1. The van der Waals surface area contributed by atoms with Crippen molar-refractivity contribution in [3.8, 4) is 0 Å². The Labute approximate surface area is 172 Å². The van der Waals surface area contributed by atoms with Crippen LogP contribution in [0.15, 0.2) is 30.9 Å². The maximum Gasteiger partial charge on any atom is 0.417 e. The number of nitrogens with one attached hydrogen (secondary N) is 1. The van der Waals surface area contributed by atoms with Crippen molar-refractivity contribution in [2.45, 2.75) is 44.6 Å². The van der Waals surface area contributed by atoms with E-state index in [1.54, 1.807) is 28.4 Å². The van der Waals surface area contributed by atoms with Crippen LogP contribution < -0.4 is 5.32 Å². The summed E-state index contributed by atoms with van der Waals surface area (Å²) in [5.74, 6) is 0. The Morgan fingerprint density at radius 3 is 2.77 bits per heavy atom. The minimum absolute atomic E-state index is 0.00693. The topological polar surface area (TPSA) is 74.2 Å². The minimum atomic E-state index is -4.44. The van der Waals surface area contributed by atoms with Crippen molar-refractivity contribution < 1.29 is 18.0 Å². The van der Waals surface area contributed by atoms with Crippen molar-refractivity contribution in [2.24, 2.45) is 0 Å². The number of alkyl halides is 3. The first-order chi connectivity index (χ1) is 14.3. The highest BCUT2D eigenvalue weighted by Crippen LogP contribution is 2.31. The number of carbonyl (C=O) groups excluding carboxylic acids is 1. The molecule has 2 aliphatic rings. The van der Waals surface area contributed by atoms with E-state index in [9.17, 15) is 18.0 Å². The van der Waals surface area contributed by atoms with Gasteiger partial charge in [0.2, 0.25) is 0 Å². The van der Waals surface area contributed by atoms with Crippen LogP contribution >= 0.6 is 0 Å². The molecule has 160 valence electrons. The Morgan fingerprint density at radius 1 is 1.20 bits per heavy atom. The van der Waals surface area contributed by atoms with Gasteiger partial charge in [-0.15, -0.1) is 0 Å². The van der Waals surface area contributed by atoms with Gasteiger partial charge in [-0.3, -0.25) is 15.0 Å². The molecule has 0 saturated carbocycles. The average molecular weight is 420 g/mol. The van der Waals surface area contributed by atoms with Gasteiger partial charge in [0.1, 0.15) is 0 Å². The lowest BCUT2D eigenvalue weighted by atomic mass is 10.0. The van der Waals surface area contributed by atoms with Gasteiger partial charge in [-0.1, -0.05) is 0 Å². The monoisotopic (exact) mass is 420 g/mol. The lowest BCUT2D eigenvalue weighted by Gasteiger charge is -2.32. The summed E-state index contributed by atoms with van der Waals surface area (Å²) in [5.41, 5.74) is 1.15. The van der Waals surface area contributed by atoms with Crippen LogP contribution in [-0.2, 0) is 19.1 Å². The molecule has 30 heavy (non-hydrogen) atoms. The van der Waals surface area contributed by atoms with Gasteiger partial charge < -0.3 is 15.1 Å².